The minimum atomic E-state index is -0.172. The zero-order valence-corrected chi connectivity index (χ0v) is 11.5. The number of halogens is 1. The summed E-state index contributed by atoms with van der Waals surface area (Å²) in [5.41, 5.74) is 3.23. The van der Waals surface area contributed by atoms with Crippen molar-refractivity contribution in [3.05, 3.63) is 51.2 Å². The first-order chi connectivity index (χ1) is 8.65. The third-order valence-corrected chi connectivity index (χ3v) is 3.83. The predicted molar refractivity (Wildman–Crippen MR) is 73.4 cm³/mol. The molecule has 18 heavy (non-hydrogen) atoms. The van der Waals surface area contributed by atoms with Gasteiger partial charge < -0.3 is 5.32 Å². The smallest absolute Gasteiger partial charge is 0.123 e. The zero-order valence-electron chi connectivity index (χ0n) is 10.7. The third-order valence-electron chi connectivity index (χ3n) is 2.80. The lowest BCUT2D eigenvalue weighted by atomic mass is 10.1. The first-order valence-electron chi connectivity index (χ1n) is 6.02. The van der Waals surface area contributed by atoms with E-state index in [9.17, 15) is 4.39 Å². The van der Waals surface area contributed by atoms with Crippen molar-refractivity contribution in [2.45, 2.75) is 26.8 Å². The maximum atomic E-state index is 12.9. The van der Waals surface area contributed by atoms with Gasteiger partial charge in [-0.3, -0.25) is 0 Å². The van der Waals surface area contributed by atoms with Crippen LogP contribution >= 0.6 is 11.3 Å². The number of thiazole rings is 1. The number of aryl methyl sites for hydroxylation is 2. The SMILES string of the molecule is Cc1csc(CCNCc2ccc(F)cc2C)n1. The Balaban J connectivity index is 1.78. The maximum absolute atomic E-state index is 12.9. The molecule has 1 heterocycles. The summed E-state index contributed by atoms with van der Waals surface area (Å²) in [4.78, 5) is 4.41. The molecule has 2 rings (SSSR count). The van der Waals surface area contributed by atoms with E-state index in [1.807, 2.05) is 19.9 Å². The fourth-order valence-corrected chi connectivity index (χ4v) is 2.57. The summed E-state index contributed by atoms with van der Waals surface area (Å²) in [5.74, 6) is -0.172. The van der Waals surface area contributed by atoms with Gasteiger partial charge in [0.15, 0.2) is 0 Å². The lowest BCUT2D eigenvalue weighted by Gasteiger charge is -2.07. The van der Waals surface area contributed by atoms with Crippen LogP contribution in [-0.2, 0) is 13.0 Å². The highest BCUT2D eigenvalue weighted by Gasteiger charge is 2.01. The quantitative estimate of drug-likeness (QED) is 0.839. The number of benzene rings is 1. The average Bonchev–Trinajstić information content (AvgIpc) is 2.73. The largest absolute Gasteiger partial charge is 0.312 e. The van der Waals surface area contributed by atoms with Crippen LogP contribution in [0.5, 0.6) is 0 Å². The minimum absolute atomic E-state index is 0.172. The topological polar surface area (TPSA) is 24.9 Å². The van der Waals surface area contributed by atoms with Gasteiger partial charge in [-0.05, 0) is 37.1 Å². The van der Waals surface area contributed by atoms with Gasteiger partial charge in [-0.25, -0.2) is 9.37 Å². The van der Waals surface area contributed by atoms with Crippen LogP contribution in [0.15, 0.2) is 23.6 Å². The molecule has 1 aromatic heterocycles. The Kier molecular flexibility index (Phi) is 4.44. The Bertz CT molecular complexity index is 522. The van der Waals surface area contributed by atoms with Crippen molar-refractivity contribution in [1.82, 2.24) is 10.3 Å². The van der Waals surface area contributed by atoms with E-state index in [0.717, 1.165) is 41.3 Å². The van der Waals surface area contributed by atoms with Crippen LogP contribution in [0.2, 0.25) is 0 Å². The molecular formula is C14H17FN2S. The second-order valence-corrected chi connectivity index (χ2v) is 5.32. The van der Waals surface area contributed by atoms with E-state index in [4.69, 9.17) is 0 Å². The molecule has 0 saturated heterocycles. The summed E-state index contributed by atoms with van der Waals surface area (Å²) in [7, 11) is 0. The average molecular weight is 264 g/mol. The number of hydrogen-bond donors (Lipinski definition) is 1. The molecule has 0 radical (unpaired) electrons. The number of rotatable bonds is 5. The number of nitrogens with zero attached hydrogens (tertiary/aromatic N) is 1. The molecule has 4 heteroatoms. The molecule has 0 aliphatic rings. The van der Waals surface area contributed by atoms with Gasteiger partial charge in [-0.1, -0.05) is 6.07 Å². The molecule has 0 saturated carbocycles. The second kappa shape index (κ2) is 6.07. The Morgan fingerprint density at radius 3 is 2.83 bits per heavy atom. The van der Waals surface area contributed by atoms with Gasteiger partial charge in [0.2, 0.25) is 0 Å². The van der Waals surface area contributed by atoms with E-state index < -0.39 is 0 Å². The summed E-state index contributed by atoms with van der Waals surface area (Å²) in [5, 5.41) is 6.60. The monoisotopic (exact) mass is 264 g/mol. The van der Waals surface area contributed by atoms with Gasteiger partial charge in [0.05, 0.1) is 5.01 Å². The van der Waals surface area contributed by atoms with Crippen LogP contribution < -0.4 is 5.32 Å². The molecule has 0 amide bonds. The van der Waals surface area contributed by atoms with Gasteiger partial charge in [-0.15, -0.1) is 11.3 Å². The van der Waals surface area contributed by atoms with Gasteiger partial charge >= 0.3 is 0 Å². The van der Waals surface area contributed by atoms with Gasteiger partial charge in [0.1, 0.15) is 5.82 Å². The van der Waals surface area contributed by atoms with E-state index in [-0.39, 0.29) is 5.82 Å². The van der Waals surface area contributed by atoms with Crippen molar-refractivity contribution in [3.63, 3.8) is 0 Å². The van der Waals surface area contributed by atoms with Crippen molar-refractivity contribution in [1.29, 1.82) is 0 Å². The van der Waals surface area contributed by atoms with E-state index in [2.05, 4.69) is 15.7 Å². The lowest BCUT2D eigenvalue weighted by molar-refractivity contribution is 0.623. The Hall–Kier alpha value is -1.26. The fraction of sp³-hybridized carbons (Fsp3) is 0.357. The van der Waals surface area contributed by atoms with Crippen LogP contribution in [0.3, 0.4) is 0 Å². The molecule has 0 bridgehead atoms. The molecule has 96 valence electrons. The lowest BCUT2D eigenvalue weighted by Crippen LogP contribution is -2.17. The van der Waals surface area contributed by atoms with Gasteiger partial charge in [0, 0.05) is 30.6 Å². The van der Waals surface area contributed by atoms with E-state index >= 15 is 0 Å². The molecule has 0 atom stereocenters. The van der Waals surface area contributed by atoms with Crippen molar-refractivity contribution >= 4 is 11.3 Å². The summed E-state index contributed by atoms with van der Waals surface area (Å²) in [6, 6.07) is 4.92. The van der Waals surface area contributed by atoms with Crippen LogP contribution in [0.25, 0.3) is 0 Å². The molecule has 2 aromatic rings. The van der Waals surface area contributed by atoms with Crippen LogP contribution in [0, 0.1) is 19.7 Å². The van der Waals surface area contributed by atoms with Crippen LogP contribution in [-0.4, -0.2) is 11.5 Å². The third kappa shape index (κ3) is 3.62. The number of aromatic nitrogens is 1. The van der Waals surface area contributed by atoms with Crippen molar-refractivity contribution in [2.75, 3.05) is 6.54 Å². The van der Waals surface area contributed by atoms with E-state index in [1.54, 1.807) is 17.4 Å². The molecule has 0 aliphatic heterocycles. The molecule has 1 aromatic carbocycles. The first kappa shape index (κ1) is 13.2. The van der Waals surface area contributed by atoms with Gasteiger partial charge in [-0.2, -0.15) is 0 Å². The van der Waals surface area contributed by atoms with E-state index in [0.29, 0.717) is 0 Å². The van der Waals surface area contributed by atoms with Gasteiger partial charge in [0.25, 0.3) is 0 Å². The maximum Gasteiger partial charge on any atom is 0.123 e. The molecule has 0 aliphatic carbocycles. The predicted octanol–water partition coefficient (Wildman–Crippen LogP) is 3.23. The molecule has 1 N–H and O–H groups in total. The van der Waals surface area contributed by atoms with E-state index in [1.165, 1.54) is 6.07 Å². The molecule has 0 fully saturated rings. The summed E-state index contributed by atoms with van der Waals surface area (Å²) in [6.07, 6.45) is 0.943. The highest BCUT2D eigenvalue weighted by molar-refractivity contribution is 7.09. The Labute approximate surface area is 111 Å². The van der Waals surface area contributed by atoms with Crippen molar-refractivity contribution in [3.8, 4) is 0 Å². The molecule has 2 nitrogen and oxygen atoms in total. The number of hydrogen-bond acceptors (Lipinski definition) is 3. The first-order valence-corrected chi connectivity index (χ1v) is 6.90. The van der Waals surface area contributed by atoms with Crippen LogP contribution in [0.4, 0.5) is 4.39 Å². The number of nitrogens with one attached hydrogen (secondary N) is 1. The van der Waals surface area contributed by atoms with Crippen LogP contribution in [0.1, 0.15) is 21.8 Å². The second-order valence-electron chi connectivity index (χ2n) is 4.38. The van der Waals surface area contributed by atoms with Crippen molar-refractivity contribution in [2.24, 2.45) is 0 Å². The normalized spacial score (nSPS) is 10.8. The Morgan fingerprint density at radius 1 is 1.33 bits per heavy atom. The molecule has 0 spiro atoms. The Morgan fingerprint density at radius 2 is 2.17 bits per heavy atom. The molecule has 0 unspecified atom stereocenters. The highest BCUT2D eigenvalue weighted by atomic mass is 32.1. The standard InChI is InChI=1S/C14H17FN2S/c1-10-7-13(15)4-3-12(10)8-16-6-5-14-17-11(2)9-18-14/h3-4,7,9,16H,5-6,8H2,1-2H3. The summed E-state index contributed by atoms with van der Waals surface area (Å²) in [6.45, 7) is 5.61. The zero-order chi connectivity index (χ0) is 13.0. The highest BCUT2D eigenvalue weighted by Crippen LogP contribution is 2.11. The summed E-state index contributed by atoms with van der Waals surface area (Å²) < 4.78 is 12.9. The minimum Gasteiger partial charge on any atom is -0.312 e. The van der Waals surface area contributed by atoms with Crippen molar-refractivity contribution < 1.29 is 4.39 Å². The fourth-order valence-electron chi connectivity index (χ4n) is 1.79. The molecular weight excluding hydrogens is 247 g/mol. The summed E-state index contributed by atoms with van der Waals surface area (Å²) >= 11 is 1.70.